The fourth-order valence-electron chi connectivity index (χ4n) is 2.70. The van der Waals surface area contributed by atoms with Gasteiger partial charge < -0.3 is 10.4 Å². The van der Waals surface area contributed by atoms with Crippen molar-refractivity contribution in [1.29, 1.82) is 5.26 Å². The van der Waals surface area contributed by atoms with Crippen LogP contribution in [0, 0.1) is 17.1 Å². The predicted octanol–water partition coefficient (Wildman–Crippen LogP) is -0.0188. The number of anilines is 1. The monoisotopic (exact) mass is 352 g/mol. The number of aromatic hydroxyl groups is 1. The van der Waals surface area contributed by atoms with Crippen molar-refractivity contribution in [3.05, 3.63) is 29.6 Å². The topological polar surface area (TPSA) is 123 Å². The number of nitrogens with one attached hydrogen (secondary N) is 2. The Morgan fingerprint density at radius 1 is 1.46 bits per heavy atom. The van der Waals surface area contributed by atoms with Crippen LogP contribution in [0.25, 0.3) is 5.57 Å². The standard InChI is InChI=1S/C14H13FN4O4S/c15-13-10(8-5-9(3-4-16)17-6-8)1-2-11(20)14(13)19-7-12(21)18-24(19,22)23/h1-2,5,9,17,20H,3,6-7H2,(H,18,21). The summed E-state index contributed by atoms with van der Waals surface area (Å²) in [5, 5.41) is 21.6. The SMILES string of the molecule is N#CCC1C=C(c2ccc(O)c(N3CC(=O)NS3(=O)=O)c2F)CN1. The van der Waals surface area contributed by atoms with Gasteiger partial charge in [0, 0.05) is 18.2 Å². The zero-order valence-electron chi connectivity index (χ0n) is 12.3. The maximum Gasteiger partial charge on any atom is 0.326 e. The van der Waals surface area contributed by atoms with Crippen molar-refractivity contribution in [2.24, 2.45) is 0 Å². The number of nitriles is 1. The average Bonchev–Trinajstić information content (AvgIpc) is 3.04. The fraction of sp³-hybridized carbons (Fsp3) is 0.286. The van der Waals surface area contributed by atoms with Crippen molar-refractivity contribution in [2.75, 3.05) is 17.4 Å². The van der Waals surface area contributed by atoms with Gasteiger partial charge in [-0.05, 0) is 17.7 Å². The molecule has 24 heavy (non-hydrogen) atoms. The molecule has 1 amide bonds. The van der Waals surface area contributed by atoms with E-state index in [2.05, 4.69) is 5.32 Å². The van der Waals surface area contributed by atoms with Gasteiger partial charge in [0.1, 0.15) is 18.0 Å². The molecule has 2 aliphatic heterocycles. The normalized spacial score (nSPS) is 22.2. The summed E-state index contributed by atoms with van der Waals surface area (Å²) in [5.41, 5.74) is 0.0747. The summed E-state index contributed by atoms with van der Waals surface area (Å²) in [6, 6.07) is 4.28. The maximum absolute atomic E-state index is 14.9. The Balaban J connectivity index is 2.06. The molecular weight excluding hydrogens is 339 g/mol. The van der Waals surface area contributed by atoms with Crippen LogP contribution in [0.1, 0.15) is 12.0 Å². The van der Waals surface area contributed by atoms with Crippen molar-refractivity contribution < 1.29 is 22.7 Å². The molecule has 1 saturated heterocycles. The molecule has 1 aromatic rings. The molecule has 10 heteroatoms. The molecule has 0 aromatic heterocycles. The van der Waals surface area contributed by atoms with E-state index in [1.165, 1.54) is 12.1 Å². The Morgan fingerprint density at radius 2 is 2.21 bits per heavy atom. The van der Waals surface area contributed by atoms with Crippen molar-refractivity contribution >= 4 is 27.4 Å². The number of hydrogen-bond acceptors (Lipinski definition) is 6. The first-order valence-corrected chi connectivity index (χ1v) is 8.43. The lowest BCUT2D eigenvalue weighted by Gasteiger charge is -2.18. The molecule has 0 saturated carbocycles. The summed E-state index contributed by atoms with van der Waals surface area (Å²) in [6.07, 6.45) is 1.90. The van der Waals surface area contributed by atoms with Gasteiger partial charge in [0.15, 0.2) is 5.82 Å². The second-order valence-electron chi connectivity index (χ2n) is 5.37. The molecule has 3 N–H and O–H groups in total. The van der Waals surface area contributed by atoms with Crippen LogP contribution < -0.4 is 14.3 Å². The number of phenols is 1. The molecular formula is C14H13FN4O4S. The first-order valence-electron chi connectivity index (χ1n) is 6.99. The summed E-state index contributed by atoms with van der Waals surface area (Å²) in [4.78, 5) is 11.3. The Hall–Kier alpha value is -2.64. The average molecular weight is 352 g/mol. The molecule has 8 nitrogen and oxygen atoms in total. The number of halogens is 1. The summed E-state index contributed by atoms with van der Waals surface area (Å²) in [7, 11) is -4.24. The third-order valence-electron chi connectivity index (χ3n) is 3.78. The first-order chi connectivity index (χ1) is 11.3. The van der Waals surface area contributed by atoms with E-state index < -0.39 is 39.9 Å². The number of nitrogens with zero attached hydrogens (tertiary/aromatic N) is 2. The zero-order chi connectivity index (χ0) is 17.5. The number of phenolic OH excluding ortho intramolecular Hbond substituents is 1. The zero-order valence-corrected chi connectivity index (χ0v) is 13.1. The maximum atomic E-state index is 14.9. The lowest BCUT2D eigenvalue weighted by molar-refractivity contribution is -0.117. The van der Waals surface area contributed by atoms with E-state index in [9.17, 15) is 22.7 Å². The number of carbonyl (C=O) groups excluding carboxylic acids is 1. The highest BCUT2D eigenvalue weighted by Gasteiger charge is 2.38. The molecule has 1 unspecified atom stereocenters. The molecule has 0 spiro atoms. The third kappa shape index (κ3) is 2.68. The molecule has 0 radical (unpaired) electrons. The minimum absolute atomic E-state index is 0.102. The van der Waals surface area contributed by atoms with Crippen LogP contribution in [0.2, 0.25) is 0 Å². The molecule has 1 aromatic carbocycles. The number of hydrogen-bond donors (Lipinski definition) is 3. The van der Waals surface area contributed by atoms with Crippen molar-refractivity contribution in [3.63, 3.8) is 0 Å². The Kier molecular flexibility index (Phi) is 3.90. The molecule has 3 rings (SSSR count). The molecule has 2 aliphatic rings. The van der Waals surface area contributed by atoms with Crippen LogP contribution in [0.15, 0.2) is 18.2 Å². The molecule has 1 fully saturated rings. The van der Waals surface area contributed by atoms with Crippen LogP contribution in [0.5, 0.6) is 5.75 Å². The van der Waals surface area contributed by atoms with E-state index in [0.29, 0.717) is 16.4 Å². The number of benzene rings is 1. The van der Waals surface area contributed by atoms with Crippen molar-refractivity contribution in [1.82, 2.24) is 10.0 Å². The largest absolute Gasteiger partial charge is 0.506 e. The molecule has 1 atom stereocenters. The van der Waals surface area contributed by atoms with Crippen molar-refractivity contribution in [3.8, 4) is 11.8 Å². The van der Waals surface area contributed by atoms with E-state index in [1.54, 1.807) is 10.8 Å². The van der Waals surface area contributed by atoms with Gasteiger partial charge in [-0.3, -0.25) is 4.79 Å². The second-order valence-corrected chi connectivity index (χ2v) is 6.97. The van der Waals surface area contributed by atoms with Gasteiger partial charge >= 0.3 is 10.2 Å². The van der Waals surface area contributed by atoms with Crippen LogP contribution in [0.4, 0.5) is 10.1 Å². The minimum atomic E-state index is -4.24. The van der Waals surface area contributed by atoms with Gasteiger partial charge in [-0.25, -0.2) is 13.4 Å². The van der Waals surface area contributed by atoms with E-state index >= 15 is 0 Å². The summed E-state index contributed by atoms with van der Waals surface area (Å²) in [6.45, 7) is -0.304. The van der Waals surface area contributed by atoms with E-state index in [0.717, 1.165) is 0 Å². The number of carbonyl (C=O) groups is 1. The van der Waals surface area contributed by atoms with Gasteiger partial charge in [0.2, 0.25) is 0 Å². The Morgan fingerprint density at radius 3 is 2.83 bits per heavy atom. The predicted molar refractivity (Wildman–Crippen MR) is 82.5 cm³/mol. The quantitative estimate of drug-likeness (QED) is 0.703. The van der Waals surface area contributed by atoms with Gasteiger partial charge in [0.05, 0.1) is 12.5 Å². The van der Waals surface area contributed by atoms with E-state index in [4.69, 9.17) is 5.26 Å². The Labute approximate surface area is 137 Å². The van der Waals surface area contributed by atoms with Crippen LogP contribution in [0.3, 0.4) is 0 Å². The van der Waals surface area contributed by atoms with Gasteiger partial charge in [-0.2, -0.15) is 13.7 Å². The summed E-state index contributed by atoms with van der Waals surface area (Å²) >= 11 is 0. The highest BCUT2D eigenvalue weighted by Crippen LogP contribution is 2.37. The summed E-state index contributed by atoms with van der Waals surface area (Å²) < 4.78 is 40.9. The molecule has 0 bridgehead atoms. The third-order valence-corrected chi connectivity index (χ3v) is 5.16. The fourth-order valence-corrected chi connectivity index (χ4v) is 3.87. The van der Waals surface area contributed by atoms with Gasteiger partial charge in [0.25, 0.3) is 5.91 Å². The lowest BCUT2D eigenvalue weighted by Crippen LogP contribution is -2.30. The van der Waals surface area contributed by atoms with Gasteiger partial charge in [-0.1, -0.05) is 6.08 Å². The second kappa shape index (κ2) is 5.77. The van der Waals surface area contributed by atoms with Gasteiger partial charge in [-0.15, -0.1) is 0 Å². The smallest absolute Gasteiger partial charge is 0.326 e. The van der Waals surface area contributed by atoms with E-state index in [-0.39, 0.29) is 18.0 Å². The first kappa shape index (κ1) is 16.2. The summed E-state index contributed by atoms with van der Waals surface area (Å²) in [5.74, 6) is -2.34. The van der Waals surface area contributed by atoms with Crippen LogP contribution in [-0.2, 0) is 15.0 Å². The molecule has 126 valence electrons. The van der Waals surface area contributed by atoms with Crippen molar-refractivity contribution in [2.45, 2.75) is 12.5 Å². The highest BCUT2D eigenvalue weighted by atomic mass is 32.2. The number of amides is 1. The molecule has 0 aliphatic carbocycles. The Bertz CT molecular complexity index is 891. The minimum Gasteiger partial charge on any atom is -0.506 e. The van der Waals surface area contributed by atoms with E-state index in [1.807, 2.05) is 6.07 Å². The highest BCUT2D eigenvalue weighted by molar-refractivity contribution is 7.92. The number of rotatable bonds is 3. The van der Waals surface area contributed by atoms with Crippen LogP contribution >= 0.6 is 0 Å². The molecule has 2 heterocycles. The van der Waals surface area contributed by atoms with Crippen LogP contribution in [-0.4, -0.2) is 38.6 Å². The lowest BCUT2D eigenvalue weighted by atomic mass is 10.0.